The van der Waals surface area contributed by atoms with Crippen LogP contribution in [0.25, 0.3) is 11.5 Å². The van der Waals surface area contributed by atoms with Gasteiger partial charge in [-0.1, -0.05) is 0 Å². The Hall–Kier alpha value is -2.40. The van der Waals surface area contributed by atoms with Crippen LogP contribution in [0.2, 0.25) is 0 Å². The molecule has 108 valence electrons. The van der Waals surface area contributed by atoms with Gasteiger partial charge in [0.15, 0.2) is 5.76 Å². The van der Waals surface area contributed by atoms with E-state index in [1.807, 2.05) is 49.8 Å². The molecule has 3 aromatic rings. The van der Waals surface area contributed by atoms with Gasteiger partial charge in [-0.15, -0.1) is 0 Å². The first-order chi connectivity index (χ1) is 10.2. The summed E-state index contributed by atoms with van der Waals surface area (Å²) in [4.78, 5) is 6.27. The first-order valence-corrected chi connectivity index (χ1v) is 6.89. The molecule has 0 aliphatic rings. The van der Waals surface area contributed by atoms with Crippen molar-refractivity contribution in [3.63, 3.8) is 0 Å². The van der Waals surface area contributed by atoms with E-state index in [0.717, 1.165) is 35.9 Å². The van der Waals surface area contributed by atoms with Crippen LogP contribution in [0.1, 0.15) is 16.9 Å². The first-order valence-electron chi connectivity index (χ1n) is 6.89. The average Bonchev–Trinajstić information content (AvgIpc) is 3.08. The summed E-state index contributed by atoms with van der Waals surface area (Å²) < 4.78 is 5.67. The molecule has 0 aromatic carbocycles. The SMILES string of the molecule is Cc1ccc(-c2[nH]ncc2CN(C)Cc2ccncc2)o1. The van der Waals surface area contributed by atoms with Gasteiger partial charge in [-0.05, 0) is 43.8 Å². The van der Waals surface area contributed by atoms with Crippen LogP contribution in [0, 0.1) is 6.92 Å². The smallest absolute Gasteiger partial charge is 0.152 e. The van der Waals surface area contributed by atoms with Crippen LogP contribution in [-0.2, 0) is 13.1 Å². The lowest BCUT2D eigenvalue weighted by molar-refractivity contribution is 0.319. The summed E-state index contributed by atoms with van der Waals surface area (Å²) in [5.41, 5.74) is 3.32. The lowest BCUT2D eigenvalue weighted by Crippen LogP contribution is -2.17. The number of nitrogens with zero attached hydrogens (tertiary/aromatic N) is 3. The van der Waals surface area contributed by atoms with E-state index in [-0.39, 0.29) is 0 Å². The van der Waals surface area contributed by atoms with Gasteiger partial charge in [0.25, 0.3) is 0 Å². The Morgan fingerprint density at radius 3 is 2.67 bits per heavy atom. The molecule has 0 aliphatic heterocycles. The second kappa shape index (κ2) is 5.93. The molecule has 1 N–H and O–H groups in total. The van der Waals surface area contributed by atoms with E-state index in [1.165, 1.54) is 5.56 Å². The van der Waals surface area contributed by atoms with Crippen molar-refractivity contribution in [2.75, 3.05) is 7.05 Å². The summed E-state index contributed by atoms with van der Waals surface area (Å²) in [6, 6.07) is 7.99. The molecule has 21 heavy (non-hydrogen) atoms. The van der Waals surface area contributed by atoms with Gasteiger partial charge in [0.05, 0.1) is 6.20 Å². The van der Waals surface area contributed by atoms with Gasteiger partial charge in [-0.2, -0.15) is 5.10 Å². The predicted molar refractivity (Wildman–Crippen MR) is 80.4 cm³/mol. The Morgan fingerprint density at radius 1 is 1.14 bits per heavy atom. The number of nitrogens with one attached hydrogen (secondary N) is 1. The van der Waals surface area contributed by atoms with Crippen molar-refractivity contribution in [1.82, 2.24) is 20.1 Å². The van der Waals surface area contributed by atoms with Crippen LogP contribution in [0.4, 0.5) is 0 Å². The molecule has 3 aromatic heterocycles. The van der Waals surface area contributed by atoms with Crippen molar-refractivity contribution in [1.29, 1.82) is 0 Å². The van der Waals surface area contributed by atoms with E-state index in [4.69, 9.17) is 4.42 Å². The van der Waals surface area contributed by atoms with E-state index in [9.17, 15) is 0 Å². The lowest BCUT2D eigenvalue weighted by atomic mass is 10.2. The van der Waals surface area contributed by atoms with Crippen LogP contribution in [0.5, 0.6) is 0 Å². The maximum Gasteiger partial charge on any atom is 0.152 e. The summed E-state index contributed by atoms with van der Waals surface area (Å²) in [6.45, 7) is 3.60. The van der Waals surface area contributed by atoms with Crippen LogP contribution in [-0.4, -0.2) is 27.1 Å². The molecule has 0 fully saturated rings. The standard InChI is InChI=1S/C16H18N4O/c1-12-3-4-15(21-12)16-14(9-18-19-16)11-20(2)10-13-5-7-17-8-6-13/h3-9H,10-11H2,1-2H3,(H,18,19). The minimum absolute atomic E-state index is 0.800. The molecule has 3 rings (SSSR count). The van der Waals surface area contributed by atoms with Crippen molar-refractivity contribution in [3.05, 3.63) is 59.7 Å². The predicted octanol–water partition coefficient (Wildman–Crippen LogP) is 3.01. The monoisotopic (exact) mass is 282 g/mol. The number of rotatable bonds is 5. The van der Waals surface area contributed by atoms with Crippen LogP contribution in [0.3, 0.4) is 0 Å². The fraction of sp³-hybridized carbons (Fsp3) is 0.250. The minimum atomic E-state index is 0.800. The molecule has 5 nitrogen and oxygen atoms in total. The van der Waals surface area contributed by atoms with E-state index in [1.54, 1.807) is 0 Å². The second-order valence-electron chi connectivity index (χ2n) is 5.21. The zero-order chi connectivity index (χ0) is 14.7. The Kier molecular flexibility index (Phi) is 3.83. The molecule has 0 spiro atoms. The minimum Gasteiger partial charge on any atom is -0.460 e. The largest absolute Gasteiger partial charge is 0.460 e. The summed E-state index contributed by atoms with van der Waals surface area (Å²) in [5.74, 6) is 1.73. The average molecular weight is 282 g/mol. The van der Waals surface area contributed by atoms with Crippen molar-refractivity contribution in [2.24, 2.45) is 0 Å². The van der Waals surface area contributed by atoms with Crippen molar-refractivity contribution >= 4 is 0 Å². The maximum atomic E-state index is 5.67. The summed E-state index contributed by atoms with van der Waals surface area (Å²) in [5, 5.41) is 7.17. The maximum absolute atomic E-state index is 5.67. The van der Waals surface area contributed by atoms with Crippen molar-refractivity contribution < 1.29 is 4.42 Å². The van der Waals surface area contributed by atoms with E-state index in [0.29, 0.717) is 0 Å². The highest BCUT2D eigenvalue weighted by molar-refractivity contribution is 5.56. The fourth-order valence-corrected chi connectivity index (χ4v) is 2.36. The van der Waals surface area contributed by atoms with Gasteiger partial charge < -0.3 is 4.42 Å². The van der Waals surface area contributed by atoms with Gasteiger partial charge in [0.1, 0.15) is 11.5 Å². The molecular formula is C16H18N4O. The molecule has 3 heterocycles. The molecule has 0 atom stereocenters. The number of hydrogen-bond acceptors (Lipinski definition) is 4. The molecule has 0 unspecified atom stereocenters. The Morgan fingerprint density at radius 2 is 1.95 bits per heavy atom. The van der Waals surface area contributed by atoms with Gasteiger partial charge in [0, 0.05) is 31.0 Å². The van der Waals surface area contributed by atoms with Crippen LogP contribution in [0.15, 0.2) is 47.3 Å². The van der Waals surface area contributed by atoms with E-state index in [2.05, 4.69) is 27.1 Å². The zero-order valence-corrected chi connectivity index (χ0v) is 12.2. The number of furan rings is 1. The lowest BCUT2D eigenvalue weighted by Gasteiger charge is -2.16. The molecular weight excluding hydrogens is 264 g/mol. The van der Waals surface area contributed by atoms with Gasteiger partial charge >= 0.3 is 0 Å². The number of aromatic amines is 1. The molecule has 0 bridgehead atoms. The van der Waals surface area contributed by atoms with E-state index < -0.39 is 0 Å². The third-order valence-corrected chi connectivity index (χ3v) is 3.35. The normalized spacial score (nSPS) is 11.2. The van der Waals surface area contributed by atoms with Crippen molar-refractivity contribution in [3.8, 4) is 11.5 Å². The number of pyridine rings is 1. The summed E-state index contributed by atoms with van der Waals surface area (Å²) >= 11 is 0. The van der Waals surface area contributed by atoms with Crippen LogP contribution >= 0.6 is 0 Å². The number of hydrogen-bond donors (Lipinski definition) is 1. The summed E-state index contributed by atoms with van der Waals surface area (Å²) in [7, 11) is 2.09. The quantitative estimate of drug-likeness (QED) is 0.781. The number of aromatic nitrogens is 3. The van der Waals surface area contributed by atoms with Gasteiger partial charge in [0.2, 0.25) is 0 Å². The van der Waals surface area contributed by atoms with Crippen LogP contribution < -0.4 is 0 Å². The fourth-order valence-electron chi connectivity index (χ4n) is 2.36. The highest BCUT2D eigenvalue weighted by atomic mass is 16.3. The molecule has 0 radical (unpaired) electrons. The summed E-state index contributed by atoms with van der Waals surface area (Å²) in [6.07, 6.45) is 5.49. The van der Waals surface area contributed by atoms with Crippen molar-refractivity contribution in [2.45, 2.75) is 20.0 Å². The third-order valence-electron chi connectivity index (χ3n) is 3.35. The molecule has 0 saturated heterocycles. The molecule has 0 saturated carbocycles. The number of H-pyrrole nitrogens is 1. The second-order valence-corrected chi connectivity index (χ2v) is 5.21. The highest BCUT2D eigenvalue weighted by Gasteiger charge is 2.13. The zero-order valence-electron chi connectivity index (χ0n) is 12.2. The molecule has 5 heteroatoms. The Balaban J connectivity index is 1.72. The highest BCUT2D eigenvalue weighted by Crippen LogP contribution is 2.24. The number of aryl methyl sites for hydroxylation is 1. The first kappa shape index (κ1) is 13.6. The van der Waals surface area contributed by atoms with E-state index >= 15 is 0 Å². The third kappa shape index (κ3) is 3.20. The Bertz CT molecular complexity index is 702. The van der Waals surface area contributed by atoms with Gasteiger partial charge in [-0.25, -0.2) is 0 Å². The van der Waals surface area contributed by atoms with Gasteiger partial charge in [-0.3, -0.25) is 15.0 Å². The Labute approximate surface area is 123 Å². The topological polar surface area (TPSA) is 58.0 Å². The molecule has 0 amide bonds. The molecule has 0 aliphatic carbocycles.